The average Bonchev–Trinajstić information content (AvgIpc) is 2.87. The number of benzene rings is 3. The van der Waals surface area contributed by atoms with Crippen molar-refractivity contribution in [1.82, 2.24) is 10.3 Å². The number of nitrogens with one attached hydrogen (secondary N) is 1. The maximum atomic E-state index is 13.3. The van der Waals surface area contributed by atoms with Crippen molar-refractivity contribution < 1.29 is 14.3 Å². The number of thioether (sulfide) groups is 1. The van der Waals surface area contributed by atoms with Gasteiger partial charge in [-0.3, -0.25) is 15.1 Å². The molecule has 2 aliphatic heterocycles. The summed E-state index contributed by atoms with van der Waals surface area (Å²) < 4.78 is 11.1. The molecule has 0 aromatic heterocycles. The highest BCUT2D eigenvalue weighted by molar-refractivity contribution is 8.13. The number of amidine groups is 1. The number of aryl methyl sites for hydroxylation is 1. The van der Waals surface area contributed by atoms with Crippen LogP contribution in [0.2, 0.25) is 0 Å². The highest BCUT2D eigenvalue weighted by Crippen LogP contribution is 2.37. The van der Waals surface area contributed by atoms with Gasteiger partial charge in [-0.25, -0.2) is 5.01 Å². The van der Waals surface area contributed by atoms with E-state index >= 15 is 0 Å². The monoisotopic (exact) mass is 472 g/mol. The number of rotatable bonds is 5. The highest BCUT2D eigenvalue weighted by Gasteiger charge is 2.35. The minimum absolute atomic E-state index is 0.212. The smallest absolute Gasteiger partial charge is 0.276 e. The van der Waals surface area contributed by atoms with Gasteiger partial charge < -0.3 is 9.47 Å². The van der Waals surface area contributed by atoms with Crippen molar-refractivity contribution in [1.29, 1.82) is 0 Å². The first-order chi connectivity index (χ1) is 16.6. The highest BCUT2D eigenvalue weighted by atomic mass is 32.2. The molecule has 1 N–H and O–H groups in total. The van der Waals surface area contributed by atoms with Crippen LogP contribution in [0, 0.1) is 6.92 Å². The maximum Gasteiger partial charge on any atom is 0.276 e. The summed E-state index contributed by atoms with van der Waals surface area (Å²) in [7, 11) is 3.23. The molecule has 2 heterocycles. The van der Waals surface area contributed by atoms with E-state index in [0.29, 0.717) is 28.1 Å². The van der Waals surface area contributed by atoms with E-state index in [1.165, 1.54) is 17.3 Å². The molecule has 172 valence electrons. The molecule has 0 saturated heterocycles. The summed E-state index contributed by atoms with van der Waals surface area (Å²) in [4.78, 5) is 18.3. The standard InChI is InChI=1S/C26H24N4O3S/c1-16-8-10-17(11-9-16)15-34-26-28-25(31)23-19-6-4-5-7-21(19)27-24(30(23)29-26)20-14-18(32-2)12-13-22(20)33-3/h4-14,24H,15H2,1-3H3,(H,28,29,31)/t24-/m0/s1. The van der Waals surface area contributed by atoms with Crippen LogP contribution in [0.15, 0.2) is 76.8 Å². The molecule has 5 rings (SSSR count). The zero-order valence-corrected chi connectivity index (χ0v) is 19.9. The summed E-state index contributed by atoms with van der Waals surface area (Å²) in [5, 5.41) is 11.5. The number of hydrogen-bond donors (Lipinski definition) is 1. The van der Waals surface area contributed by atoms with E-state index in [2.05, 4.69) is 36.5 Å². The molecule has 34 heavy (non-hydrogen) atoms. The van der Waals surface area contributed by atoms with Gasteiger partial charge in [0.15, 0.2) is 11.3 Å². The number of carbonyl (C=O) groups is 1. The second kappa shape index (κ2) is 9.23. The number of fused-ring (bicyclic) bond motifs is 2. The lowest BCUT2D eigenvalue weighted by Crippen LogP contribution is -2.50. The summed E-state index contributed by atoms with van der Waals surface area (Å²) in [5.74, 6) is 1.79. The fourth-order valence-corrected chi connectivity index (χ4v) is 4.78. The number of methoxy groups -OCH3 is 2. The number of hydrogen-bond acceptors (Lipinski definition) is 7. The van der Waals surface area contributed by atoms with E-state index in [-0.39, 0.29) is 5.91 Å². The second-order valence-corrected chi connectivity index (χ2v) is 8.92. The van der Waals surface area contributed by atoms with Crippen LogP contribution in [-0.2, 0) is 10.5 Å². The van der Waals surface area contributed by atoms with Crippen molar-refractivity contribution in [3.05, 3.63) is 94.0 Å². The second-order valence-electron chi connectivity index (χ2n) is 7.95. The van der Waals surface area contributed by atoms with Crippen LogP contribution < -0.4 is 25.4 Å². The molecule has 3 aromatic rings. The van der Waals surface area contributed by atoms with E-state index in [4.69, 9.17) is 19.6 Å². The summed E-state index contributed by atoms with van der Waals surface area (Å²) in [5.41, 5.74) is 3.58. The summed E-state index contributed by atoms with van der Waals surface area (Å²) >= 11 is 1.48. The van der Waals surface area contributed by atoms with Crippen molar-refractivity contribution >= 4 is 28.5 Å². The Balaban J connectivity index is 1.59. The molecule has 2 aliphatic rings. The first kappa shape index (κ1) is 22.0. The van der Waals surface area contributed by atoms with Crippen LogP contribution >= 0.6 is 11.8 Å². The SMILES string of the molecule is COc1ccc(OC)c([C@H]2N=c3ccccc3=C3C(=O)NC(SCc4ccc(C)cc4)=NN32)c1. The largest absolute Gasteiger partial charge is 0.497 e. The Morgan fingerprint density at radius 1 is 1.03 bits per heavy atom. The summed E-state index contributed by atoms with van der Waals surface area (Å²) in [6, 6.07) is 21.5. The molecular formula is C26H24N4O3S. The lowest BCUT2D eigenvalue weighted by atomic mass is 10.1. The fraction of sp³-hybridized carbons (Fsp3) is 0.192. The van der Waals surface area contributed by atoms with Gasteiger partial charge in [-0.2, -0.15) is 0 Å². The zero-order chi connectivity index (χ0) is 23.7. The van der Waals surface area contributed by atoms with Crippen molar-refractivity contribution in [3.63, 3.8) is 0 Å². The van der Waals surface area contributed by atoms with Gasteiger partial charge in [0.2, 0.25) is 0 Å². The molecule has 1 amide bonds. The van der Waals surface area contributed by atoms with E-state index in [0.717, 1.165) is 21.7 Å². The fourth-order valence-electron chi connectivity index (χ4n) is 3.97. The summed E-state index contributed by atoms with van der Waals surface area (Å²) in [6.07, 6.45) is -0.587. The normalized spacial score (nSPS) is 16.6. The van der Waals surface area contributed by atoms with Gasteiger partial charge in [-0.1, -0.05) is 59.8 Å². The van der Waals surface area contributed by atoms with Crippen LogP contribution in [0.1, 0.15) is 22.9 Å². The van der Waals surface area contributed by atoms with E-state index in [9.17, 15) is 4.79 Å². The van der Waals surface area contributed by atoms with Crippen molar-refractivity contribution in [2.45, 2.75) is 18.8 Å². The molecule has 0 saturated carbocycles. The number of carbonyl (C=O) groups excluding carboxylic acids is 1. The quantitative estimate of drug-likeness (QED) is 0.618. The Bertz CT molecular complexity index is 1400. The van der Waals surface area contributed by atoms with Crippen LogP contribution in [0.25, 0.3) is 5.70 Å². The van der Waals surface area contributed by atoms with Gasteiger partial charge in [0.1, 0.15) is 17.2 Å². The molecule has 7 nitrogen and oxygen atoms in total. The predicted octanol–water partition coefficient (Wildman–Crippen LogP) is 3.09. The minimum Gasteiger partial charge on any atom is -0.497 e. The first-order valence-corrected chi connectivity index (χ1v) is 11.8. The molecule has 0 fully saturated rings. The molecule has 3 aromatic carbocycles. The third kappa shape index (κ3) is 4.12. The topological polar surface area (TPSA) is 75.5 Å². The van der Waals surface area contributed by atoms with Crippen molar-refractivity contribution in [2.24, 2.45) is 10.1 Å². The lowest BCUT2D eigenvalue weighted by molar-refractivity contribution is -0.116. The van der Waals surface area contributed by atoms with E-state index < -0.39 is 6.17 Å². The van der Waals surface area contributed by atoms with Gasteiger partial charge in [-0.05, 0) is 36.8 Å². The average molecular weight is 473 g/mol. The van der Waals surface area contributed by atoms with Crippen LogP contribution in [0.5, 0.6) is 11.5 Å². The number of hydrazone groups is 1. The maximum absolute atomic E-state index is 13.3. The van der Waals surface area contributed by atoms with Crippen LogP contribution in [-0.4, -0.2) is 30.3 Å². The summed E-state index contributed by atoms with van der Waals surface area (Å²) in [6.45, 7) is 2.06. The molecule has 0 spiro atoms. The van der Waals surface area contributed by atoms with Crippen molar-refractivity contribution in [2.75, 3.05) is 14.2 Å². The Hall–Kier alpha value is -3.78. The van der Waals surface area contributed by atoms with Gasteiger partial charge in [0.05, 0.1) is 19.6 Å². The third-order valence-corrected chi connectivity index (χ3v) is 6.66. The number of ether oxygens (including phenoxy) is 2. The first-order valence-electron chi connectivity index (χ1n) is 10.8. The number of para-hydroxylation sites is 1. The van der Waals surface area contributed by atoms with Gasteiger partial charge in [0, 0.05) is 16.5 Å². The molecule has 0 radical (unpaired) electrons. The Kier molecular flexibility index (Phi) is 5.98. The molecule has 8 heteroatoms. The van der Waals surface area contributed by atoms with Crippen molar-refractivity contribution in [3.8, 4) is 11.5 Å². The van der Waals surface area contributed by atoms with Gasteiger partial charge >= 0.3 is 0 Å². The Labute approximate surface area is 201 Å². The molecule has 1 atom stereocenters. The molecule has 0 aliphatic carbocycles. The lowest BCUT2D eigenvalue weighted by Gasteiger charge is -2.34. The molecule has 0 bridgehead atoms. The predicted molar refractivity (Wildman–Crippen MR) is 133 cm³/mol. The minimum atomic E-state index is -0.587. The van der Waals surface area contributed by atoms with E-state index in [1.54, 1.807) is 19.2 Å². The number of amides is 1. The van der Waals surface area contributed by atoms with Gasteiger partial charge in [0.25, 0.3) is 5.91 Å². The van der Waals surface area contributed by atoms with Crippen LogP contribution in [0.3, 0.4) is 0 Å². The third-order valence-electron chi connectivity index (χ3n) is 5.73. The number of nitrogens with zero attached hydrogens (tertiary/aromatic N) is 3. The van der Waals surface area contributed by atoms with Gasteiger partial charge in [-0.15, -0.1) is 5.10 Å². The zero-order valence-electron chi connectivity index (χ0n) is 19.1. The Morgan fingerprint density at radius 3 is 2.59 bits per heavy atom. The van der Waals surface area contributed by atoms with Crippen LogP contribution in [0.4, 0.5) is 0 Å². The molecule has 0 unspecified atom stereocenters. The Morgan fingerprint density at radius 2 is 1.82 bits per heavy atom. The molecular weight excluding hydrogens is 448 g/mol. The van der Waals surface area contributed by atoms with E-state index in [1.807, 2.05) is 42.5 Å².